The minimum Gasteiger partial charge on any atom is -0.361 e. The number of nitrogens with zero attached hydrogens (tertiary/aromatic N) is 3. The van der Waals surface area contributed by atoms with Crippen LogP contribution in [0.5, 0.6) is 0 Å². The molecule has 100 valence electrons. The highest BCUT2D eigenvalue weighted by atomic mass is 79.9. The van der Waals surface area contributed by atoms with E-state index in [-0.39, 0.29) is 0 Å². The molecule has 1 aliphatic rings. The molecule has 3 aromatic rings. The van der Waals surface area contributed by atoms with Crippen LogP contribution in [-0.4, -0.2) is 14.6 Å². The largest absolute Gasteiger partial charge is 0.361 e. The summed E-state index contributed by atoms with van der Waals surface area (Å²) in [5, 5.41) is 7.80. The maximum atomic E-state index is 4.39. The van der Waals surface area contributed by atoms with E-state index < -0.39 is 0 Å². The van der Waals surface area contributed by atoms with Crippen molar-refractivity contribution < 1.29 is 0 Å². The van der Waals surface area contributed by atoms with Gasteiger partial charge < -0.3 is 5.32 Å². The number of benzene rings is 1. The van der Waals surface area contributed by atoms with Gasteiger partial charge in [0.1, 0.15) is 16.4 Å². The number of fused-ring (bicyclic) bond motifs is 2. The Labute approximate surface area is 125 Å². The fraction of sp³-hybridized carbons (Fsp3) is 0.200. The van der Waals surface area contributed by atoms with E-state index in [2.05, 4.69) is 55.6 Å². The van der Waals surface area contributed by atoms with Crippen LogP contribution >= 0.6 is 15.9 Å². The van der Waals surface area contributed by atoms with E-state index in [1.54, 1.807) is 6.33 Å². The first-order valence-corrected chi connectivity index (χ1v) is 7.45. The Balaban J connectivity index is 1.72. The van der Waals surface area contributed by atoms with Gasteiger partial charge in [-0.1, -0.05) is 24.3 Å². The Morgan fingerprint density at radius 2 is 2.10 bits per heavy atom. The van der Waals surface area contributed by atoms with E-state index in [9.17, 15) is 0 Å². The smallest absolute Gasteiger partial charge is 0.154 e. The third kappa shape index (κ3) is 1.81. The number of aryl methyl sites for hydroxylation is 1. The van der Waals surface area contributed by atoms with E-state index >= 15 is 0 Å². The second kappa shape index (κ2) is 4.59. The van der Waals surface area contributed by atoms with Gasteiger partial charge in [0.2, 0.25) is 0 Å². The van der Waals surface area contributed by atoms with Crippen LogP contribution in [0.2, 0.25) is 0 Å². The molecule has 1 N–H and O–H groups in total. The molecule has 2 aromatic heterocycles. The summed E-state index contributed by atoms with van der Waals surface area (Å²) in [5.41, 5.74) is 3.81. The Bertz CT molecular complexity index is 780. The van der Waals surface area contributed by atoms with Crippen LogP contribution in [0.4, 0.5) is 5.82 Å². The van der Waals surface area contributed by atoms with Crippen LogP contribution in [0.25, 0.3) is 5.52 Å². The topological polar surface area (TPSA) is 42.2 Å². The molecule has 0 unspecified atom stereocenters. The van der Waals surface area contributed by atoms with Crippen molar-refractivity contribution in [1.82, 2.24) is 14.6 Å². The lowest BCUT2D eigenvalue weighted by Gasteiger charge is -2.15. The summed E-state index contributed by atoms with van der Waals surface area (Å²) in [6.45, 7) is 0. The highest BCUT2D eigenvalue weighted by Crippen LogP contribution is 2.34. The molecule has 1 aliphatic carbocycles. The summed E-state index contributed by atoms with van der Waals surface area (Å²) < 4.78 is 2.78. The second-order valence-corrected chi connectivity index (χ2v) is 5.81. The van der Waals surface area contributed by atoms with Gasteiger partial charge in [-0.2, -0.15) is 5.10 Å². The second-order valence-electron chi connectivity index (χ2n) is 5.00. The molecule has 0 aliphatic heterocycles. The lowest BCUT2D eigenvalue weighted by Crippen LogP contribution is -2.10. The average Bonchev–Trinajstić information content (AvgIpc) is 3.05. The first-order valence-electron chi connectivity index (χ1n) is 6.65. The van der Waals surface area contributed by atoms with Crippen molar-refractivity contribution >= 4 is 27.3 Å². The summed E-state index contributed by atoms with van der Waals surface area (Å²) in [7, 11) is 0. The van der Waals surface area contributed by atoms with Crippen LogP contribution < -0.4 is 5.32 Å². The number of aromatic nitrogens is 3. The van der Waals surface area contributed by atoms with Gasteiger partial charge in [-0.15, -0.1) is 0 Å². The summed E-state index contributed by atoms with van der Waals surface area (Å²) in [4.78, 5) is 4.39. The van der Waals surface area contributed by atoms with Crippen LogP contribution in [-0.2, 0) is 6.42 Å². The van der Waals surface area contributed by atoms with Crippen LogP contribution in [0.1, 0.15) is 23.6 Å². The number of halogens is 1. The third-order valence-electron chi connectivity index (χ3n) is 3.85. The van der Waals surface area contributed by atoms with Crippen molar-refractivity contribution in [3.63, 3.8) is 0 Å². The minimum atomic E-state index is 0.332. The molecule has 0 amide bonds. The highest BCUT2D eigenvalue weighted by Gasteiger charge is 2.22. The Kier molecular flexibility index (Phi) is 2.73. The summed E-state index contributed by atoms with van der Waals surface area (Å²) in [5.74, 6) is 0.882. The van der Waals surface area contributed by atoms with Gasteiger partial charge in [0.15, 0.2) is 5.82 Å². The maximum Gasteiger partial charge on any atom is 0.154 e. The Hall–Kier alpha value is -1.88. The van der Waals surface area contributed by atoms with Gasteiger partial charge in [0, 0.05) is 0 Å². The zero-order valence-corrected chi connectivity index (χ0v) is 12.3. The van der Waals surface area contributed by atoms with Crippen molar-refractivity contribution in [2.75, 3.05) is 5.32 Å². The van der Waals surface area contributed by atoms with Crippen molar-refractivity contribution in [2.24, 2.45) is 0 Å². The van der Waals surface area contributed by atoms with Crippen molar-refractivity contribution in [2.45, 2.75) is 18.9 Å². The zero-order chi connectivity index (χ0) is 13.5. The van der Waals surface area contributed by atoms with E-state index in [0.717, 1.165) is 28.8 Å². The predicted octanol–water partition coefficient (Wildman–Crippen LogP) is 3.59. The van der Waals surface area contributed by atoms with Crippen molar-refractivity contribution in [3.05, 3.63) is 58.5 Å². The van der Waals surface area contributed by atoms with E-state index in [0.29, 0.717) is 6.04 Å². The number of hydrogen-bond donors (Lipinski definition) is 1. The maximum absolute atomic E-state index is 4.39. The molecule has 20 heavy (non-hydrogen) atoms. The molecule has 1 aromatic carbocycles. The lowest BCUT2D eigenvalue weighted by atomic mass is 10.1. The summed E-state index contributed by atoms with van der Waals surface area (Å²) in [6.07, 6.45) is 3.82. The Morgan fingerprint density at radius 3 is 3.05 bits per heavy atom. The fourth-order valence-electron chi connectivity index (χ4n) is 2.89. The fourth-order valence-corrected chi connectivity index (χ4v) is 3.30. The van der Waals surface area contributed by atoms with Crippen LogP contribution in [0, 0.1) is 0 Å². The van der Waals surface area contributed by atoms with Gasteiger partial charge in [-0.05, 0) is 52.0 Å². The molecule has 2 heterocycles. The molecule has 0 saturated heterocycles. The van der Waals surface area contributed by atoms with Gasteiger partial charge in [0.25, 0.3) is 0 Å². The van der Waals surface area contributed by atoms with Crippen molar-refractivity contribution in [1.29, 1.82) is 0 Å². The molecule has 0 saturated carbocycles. The highest BCUT2D eigenvalue weighted by molar-refractivity contribution is 9.10. The monoisotopic (exact) mass is 328 g/mol. The third-order valence-corrected chi connectivity index (χ3v) is 4.45. The normalized spacial score (nSPS) is 17.4. The molecule has 1 atom stereocenters. The molecule has 0 spiro atoms. The quantitative estimate of drug-likeness (QED) is 0.781. The molecular weight excluding hydrogens is 316 g/mol. The summed E-state index contributed by atoms with van der Waals surface area (Å²) in [6, 6.07) is 13.0. The van der Waals surface area contributed by atoms with Crippen LogP contribution in [0.15, 0.2) is 47.3 Å². The number of hydrogen-bond acceptors (Lipinski definition) is 3. The predicted molar refractivity (Wildman–Crippen MR) is 81.8 cm³/mol. The molecule has 5 heteroatoms. The molecule has 0 fully saturated rings. The van der Waals surface area contributed by atoms with E-state index in [1.165, 1.54) is 11.1 Å². The minimum absolute atomic E-state index is 0.332. The van der Waals surface area contributed by atoms with Gasteiger partial charge in [0.05, 0.1) is 6.04 Å². The lowest BCUT2D eigenvalue weighted by molar-refractivity contribution is 0.753. The molecular formula is C15H13BrN4. The number of rotatable bonds is 2. The number of anilines is 1. The molecule has 0 bridgehead atoms. The SMILES string of the molecule is Brc1ccc2c(N[C@H]3CCc4ccccc43)ncnn12. The summed E-state index contributed by atoms with van der Waals surface area (Å²) >= 11 is 3.48. The average molecular weight is 329 g/mol. The van der Waals surface area contributed by atoms with E-state index in [1.807, 2.05) is 16.6 Å². The molecule has 4 nitrogen and oxygen atoms in total. The zero-order valence-electron chi connectivity index (χ0n) is 10.8. The van der Waals surface area contributed by atoms with Gasteiger partial charge in [-0.25, -0.2) is 9.50 Å². The Morgan fingerprint density at radius 1 is 1.20 bits per heavy atom. The van der Waals surface area contributed by atoms with Crippen LogP contribution in [0.3, 0.4) is 0 Å². The van der Waals surface area contributed by atoms with Gasteiger partial charge >= 0.3 is 0 Å². The molecule has 0 radical (unpaired) electrons. The van der Waals surface area contributed by atoms with E-state index in [4.69, 9.17) is 0 Å². The first-order chi connectivity index (χ1) is 9.83. The van der Waals surface area contributed by atoms with Crippen molar-refractivity contribution in [3.8, 4) is 0 Å². The number of nitrogens with one attached hydrogen (secondary N) is 1. The standard InChI is InChI=1S/C15H13BrN4/c16-14-8-7-13-15(17-9-18-20(13)14)19-12-6-5-10-3-1-2-4-11(10)12/h1-4,7-9,12H,5-6H2,(H,17,18,19)/t12-/m0/s1. The molecule has 4 rings (SSSR count). The first kappa shape index (κ1) is 11.9. The van der Waals surface area contributed by atoms with Gasteiger partial charge in [-0.3, -0.25) is 0 Å².